The second kappa shape index (κ2) is 4.58. The second-order valence-corrected chi connectivity index (χ2v) is 5.56. The highest BCUT2D eigenvalue weighted by Crippen LogP contribution is 2.11. The molecular weight excluding hydrogens is 188 g/mol. The zero-order chi connectivity index (χ0) is 10.5. The zero-order valence-corrected chi connectivity index (χ0v) is 9.11. The Bertz CT molecular complexity index is 288. The van der Waals surface area contributed by atoms with Gasteiger partial charge in [0.15, 0.2) is 0 Å². The van der Waals surface area contributed by atoms with Crippen LogP contribution >= 0.6 is 0 Å². The molecule has 5 heteroatoms. The highest BCUT2D eigenvalue weighted by atomic mass is 32.2. The van der Waals surface area contributed by atoms with Crippen molar-refractivity contribution >= 4 is 10.0 Å². The smallest absolute Gasteiger partial charge is 0.211 e. The highest BCUT2D eigenvalue weighted by Gasteiger charge is 2.19. The van der Waals surface area contributed by atoms with E-state index in [-0.39, 0.29) is 12.3 Å². The molecule has 0 saturated carbocycles. The molecular formula is C8H16N2O2S. The van der Waals surface area contributed by atoms with E-state index in [1.165, 1.54) is 0 Å². The van der Waals surface area contributed by atoms with Crippen molar-refractivity contribution in [2.45, 2.75) is 27.2 Å². The van der Waals surface area contributed by atoms with E-state index in [1.807, 2.05) is 6.07 Å². The maximum atomic E-state index is 11.2. The summed E-state index contributed by atoms with van der Waals surface area (Å²) < 4.78 is 24.7. The van der Waals surface area contributed by atoms with E-state index in [1.54, 1.807) is 20.8 Å². The van der Waals surface area contributed by atoms with E-state index in [0.29, 0.717) is 6.42 Å². The van der Waals surface area contributed by atoms with E-state index in [2.05, 4.69) is 4.72 Å². The molecule has 0 aromatic heterocycles. The number of rotatable bonds is 5. The lowest BCUT2D eigenvalue weighted by Crippen LogP contribution is -2.34. The van der Waals surface area contributed by atoms with Gasteiger partial charge in [0.2, 0.25) is 10.0 Å². The average Bonchev–Trinajstić information content (AvgIpc) is 2.02. The SMILES string of the molecule is CCCS(=O)(=O)NCC(C)(C)C#N. The third-order valence-electron chi connectivity index (χ3n) is 1.51. The van der Waals surface area contributed by atoms with Gasteiger partial charge in [-0.15, -0.1) is 0 Å². The van der Waals surface area contributed by atoms with Gasteiger partial charge in [-0.2, -0.15) is 5.26 Å². The first-order chi connectivity index (χ1) is 5.83. The molecule has 1 N–H and O–H groups in total. The molecule has 76 valence electrons. The van der Waals surface area contributed by atoms with Gasteiger partial charge in [0, 0.05) is 6.54 Å². The normalized spacial score (nSPS) is 12.5. The van der Waals surface area contributed by atoms with Gasteiger partial charge in [-0.3, -0.25) is 0 Å². The maximum absolute atomic E-state index is 11.2. The van der Waals surface area contributed by atoms with Gasteiger partial charge in [0.25, 0.3) is 0 Å². The minimum atomic E-state index is -3.18. The predicted molar refractivity (Wildman–Crippen MR) is 51.5 cm³/mol. The Morgan fingerprint density at radius 2 is 2.00 bits per heavy atom. The van der Waals surface area contributed by atoms with Crippen LogP contribution in [-0.2, 0) is 10.0 Å². The number of nitriles is 1. The van der Waals surface area contributed by atoms with E-state index in [4.69, 9.17) is 5.26 Å². The molecule has 0 aromatic rings. The van der Waals surface area contributed by atoms with Gasteiger partial charge in [-0.25, -0.2) is 13.1 Å². The van der Waals surface area contributed by atoms with Gasteiger partial charge >= 0.3 is 0 Å². The second-order valence-electron chi connectivity index (χ2n) is 3.64. The fraction of sp³-hybridized carbons (Fsp3) is 0.875. The molecule has 13 heavy (non-hydrogen) atoms. The van der Waals surface area contributed by atoms with Gasteiger partial charge in [0.05, 0.1) is 17.2 Å². The Hall–Kier alpha value is -0.600. The summed E-state index contributed by atoms with van der Waals surface area (Å²) >= 11 is 0. The largest absolute Gasteiger partial charge is 0.214 e. The zero-order valence-electron chi connectivity index (χ0n) is 8.29. The number of nitrogens with zero attached hydrogens (tertiary/aromatic N) is 1. The molecule has 4 nitrogen and oxygen atoms in total. The summed E-state index contributed by atoms with van der Waals surface area (Å²) in [6.07, 6.45) is 0.586. The van der Waals surface area contributed by atoms with Crippen molar-refractivity contribution in [1.29, 1.82) is 5.26 Å². The van der Waals surface area contributed by atoms with Crippen LogP contribution in [0.1, 0.15) is 27.2 Å². The number of nitrogens with one attached hydrogen (secondary N) is 1. The summed E-state index contributed by atoms with van der Waals surface area (Å²) in [7, 11) is -3.18. The van der Waals surface area contributed by atoms with Crippen molar-refractivity contribution in [1.82, 2.24) is 4.72 Å². The molecule has 0 aliphatic rings. The quantitative estimate of drug-likeness (QED) is 0.722. The van der Waals surface area contributed by atoms with E-state index < -0.39 is 15.4 Å². The Kier molecular flexibility index (Phi) is 4.37. The van der Waals surface area contributed by atoms with Crippen molar-refractivity contribution in [3.63, 3.8) is 0 Å². The Labute approximate surface area is 80.0 Å². The Balaban J connectivity index is 4.12. The van der Waals surface area contributed by atoms with Crippen LogP contribution in [0, 0.1) is 16.7 Å². The van der Waals surface area contributed by atoms with Crippen LogP contribution in [-0.4, -0.2) is 20.7 Å². The molecule has 0 aromatic carbocycles. The number of hydrogen-bond acceptors (Lipinski definition) is 3. The Morgan fingerprint density at radius 3 is 2.38 bits per heavy atom. The average molecular weight is 204 g/mol. The summed E-state index contributed by atoms with van der Waals surface area (Å²) in [4.78, 5) is 0. The molecule has 0 heterocycles. The lowest BCUT2D eigenvalue weighted by atomic mass is 9.97. The van der Waals surface area contributed by atoms with Crippen LogP contribution in [0.25, 0.3) is 0 Å². The van der Waals surface area contributed by atoms with E-state index in [0.717, 1.165) is 0 Å². The van der Waals surface area contributed by atoms with E-state index >= 15 is 0 Å². The molecule has 0 aliphatic carbocycles. The predicted octanol–water partition coefficient (Wildman–Crippen LogP) is 0.866. The molecule has 0 rings (SSSR count). The minimum Gasteiger partial charge on any atom is -0.214 e. The molecule has 0 radical (unpaired) electrons. The topological polar surface area (TPSA) is 70.0 Å². The molecule has 0 atom stereocenters. The van der Waals surface area contributed by atoms with Crippen LogP contribution in [0.3, 0.4) is 0 Å². The van der Waals surface area contributed by atoms with Crippen LogP contribution in [0.15, 0.2) is 0 Å². The van der Waals surface area contributed by atoms with Gasteiger partial charge < -0.3 is 0 Å². The minimum absolute atomic E-state index is 0.120. The van der Waals surface area contributed by atoms with Crippen molar-refractivity contribution in [3.05, 3.63) is 0 Å². The molecule has 0 aliphatic heterocycles. The summed E-state index contributed by atoms with van der Waals surface area (Å²) in [5.41, 5.74) is -0.638. The molecule has 0 unspecified atom stereocenters. The highest BCUT2D eigenvalue weighted by molar-refractivity contribution is 7.89. The first-order valence-electron chi connectivity index (χ1n) is 4.21. The van der Waals surface area contributed by atoms with Gasteiger partial charge in [-0.05, 0) is 20.3 Å². The van der Waals surface area contributed by atoms with E-state index in [9.17, 15) is 8.42 Å². The van der Waals surface area contributed by atoms with Crippen molar-refractivity contribution < 1.29 is 8.42 Å². The lowest BCUT2D eigenvalue weighted by Gasteiger charge is -2.15. The molecule has 0 spiro atoms. The van der Waals surface area contributed by atoms with Crippen LogP contribution in [0.4, 0.5) is 0 Å². The third kappa shape index (κ3) is 5.61. The fourth-order valence-corrected chi connectivity index (χ4v) is 1.93. The summed E-state index contributed by atoms with van der Waals surface area (Å²) in [6.45, 7) is 5.36. The number of sulfonamides is 1. The third-order valence-corrected chi connectivity index (χ3v) is 3.04. The number of hydrogen-bond donors (Lipinski definition) is 1. The standard InChI is InChI=1S/C8H16N2O2S/c1-4-5-13(11,12)10-7-8(2,3)6-9/h10H,4-5,7H2,1-3H3. The van der Waals surface area contributed by atoms with Gasteiger partial charge in [0.1, 0.15) is 0 Å². The summed E-state index contributed by atoms with van der Waals surface area (Å²) in [5, 5.41) is 8.64. The molecule has 0 fully saturated rings. The molecule has 0 saturated heterocycles. The van der Waals surface area contributed by atoms with Crippen molar-refractivity contribution in [3.8, 4) is 6.07 Å². The first-order valence-corrected chi connectivity index (χ1v) is 5.87. The monoisotopic (exact) mass is 204 g/mol. The maximum Gasteiger partial charge on any atom is 0.211 e. The molecule has 0 amide bonds. The summed E-state index contributed by atoms with van der Waals surface area (Å²) in [5.74, 6) is 0.120. The lowest BCUT2D eigenvalue weighted by molar-refractivity contribution is 0.478. The van der Waals surface area contributed by atoms with Crippen LogP contribution in [0.5, 0.6) is 0 Å². The summed E-state index contributed by atoms with van der Waals surface area (Å²) in [6, 6.07) is 2.03. The fourth-order valence-electron chi connectivity index (χ4n) is 0.671. The van der Waals surface area contributed by atoms with Crippen LogP contribution < -0.4 is 4.72 Å². The van der Waals surface area contributed by atoms with Crippen molar-refractivity contribution in [2.75, 3.05) is 12.3 Å². The van der Waals surface area contributed by atoms with Gasteiger partial charge in [-0.1, -0.05) is 6.92 Å². The van der Waals surface area contributed by atoms with Crippen molar-refractivity contribution in [2.24, 2.45) is 5.41 Å². The first kappa shape index (κ1) is 12.4. The van der Waals surface area contributed by atoms with Crippen LogP contribution in [0.2, 0.25) is 0 Å². The molecule has 0 bridgehead atoms. The Morgan fingerprint density at radius 1 is 1.46 bits per heavy atom.